The monoisotopic (exact) mass is 300 g/mol. The maximum atomic E-state index is 12.3. The van der Waals surface area contributed by atoms with Crippen LogP contribution >= 0.6 is 0 Å². The number of carboxylic acid groups (broad SMARTS) is 1. The fourth-order valence-electron chi connectivity index (χ4n) is 1.95. The van der Waals surface area contributed by atoms with Gasteiger partial charge in [0, 0.05) is 6.04 Å². The average molecular weight is 300 g/mol. The third-order valence-electron chi connectivity index (χ3n) is 3.23. The number of nitrogens with zero attached hydrogens (tertiary/aromatic N) is 1. The van der Waals surface area contributed by atoms with Crippen LogP contribution in [0.5, 0.6) is 0 Å². The lowest BCUT2D eigenvalue weighted by molar-refractivity contribution is -0.143. The summed E-state index contributed by atoms with van der Waals surface area (Å²) in [6, 6.07) is -1.56. The van der Waals surface area contributed by atoms with Crippen LogP contribution in [-0.2, 0) is 14.3 Å². The van der Waals surface area contributed by atoms with Gasteiger partial charge < -0.3 is 20.1 Å². The van der Waals surface area contributed by atoms with Gasteiger partial charge in [0.15, 0.2) is 0 Å². The van der Waals surface area contributed by atoms with Crippen LogP contribution in [-0.4, -0.2) is 53.2 Å². The standard InChI is InChI=1S/C14H24N2O5/c1-5-21-10(17)8-16(9-6-7-9)13(20)15-11(12(18)19)14(2,3)4/h9,11H,5-8H2,1-4H3,(H,15,20)(H,18,19)/t11-/m1/s1. The molecule has 1 aliphatic rings. The van der Waals surface area contributed by atoms with Crippen molar-refractivity contribution < 1.29 is 24.2 Å². The summed E-state index contributed by atoms with van der Waals surface area (Å²) in [6.07, 6.45) is 1.64. The largest absolute Gasteiger partial charge is 0.480 e. The molecule has 2 amide bonds. The van der Waals surface area contributed by atoms with Gasteiger partial charge in [-0.3, -0.25) is 4.79 Å². The van der Waals surface area contributed by atoms with Gasteiger partial charge in [-0.2, -0.15) is 0 Å². The van der Waals surface area contributed by atoms with Crippen LogP contribution in [0.3, 0.4) is 0 Å². The fraction of sp³-hybridized carbons (Fsp3) is 0.786. The summed E-state index contributed by atoms with van der Waals surface area (Å²) >= 11 is 0. The molecular formula is C14H24N2O5. The summed E-state index contributed by atoms with van der Waals surface area (Å²) in [5, 5.41) is 11.7. The highest BCUT2D eigenvalue weighted by atomic mass is 16.5. The summed E-state index contributed by atoms with van der Waals surface area (Å²) in [7, 11) is 0. The summed E-state index contributed by atoms with van der Waals surface area (Å²) in [5.74, 6) is -1.58. The van der Waals surface area contributed by atoms with E-state index in [0.717, 1.165) is 12.8 Å². The minimum Gasteiger partial charge on any atom is -0.480 e. The molecule has 1 fully saturated rings. The Morgan fingerprint density at radius 2 is 1.90 bits per heavy atom. The van der Waals surface area contributed by atoms with Crippen LogP contribution in [0.1, 0.15) is 40.5 Å². The lowest BCUT2D eigenvalue weighted by Crippen LogP contribution is -2.54. The van der Waals surface area contributed by atoms with E-state index in [4.69, 9.17) is 4.74 Å². The second-order valence-corrected chi connectivity index (χ2v) is 6.25. The number of amides is 2. The molecule has 1 saturated carbocycles. The molecule has 1 rings (SSSR count). The molecule has 7 heteroatoms. The molecule has 2 N–H and O–H groups in total. The lowest BCUT2D eigenvalue weighted by atomic mass is 9.87. The quantitative estimate of drug-likeness (QED) is 0.719. The normalized spacial score (nSPS) is 16.0. The first kappa shape index (κ1) is 17.3. The zero-order valence-corrected chi connectivity index (χ0v) is 13.0. The number of aliphatic carboxylic acids is 1. The molecule has 1 aliphatic carbocycles. The van der Waals surface area contributed by atoms with E-state index in [1.807, 2.05) is 0 Å². The van der Waals surface area contributed by atoms with Crippen LogP contribution in [0.25, 0.3) is 0 Å². The van der Waals surface area contributed by atoms with Crippen LogP contribution < -0.4 is 5.32 Å². The molecule has 1 atom stereocenters. The zero-order valence-electron chi connectivity index (χ0n) is 13.0. The van der Waals surface area contributed by atoms with Crippen molar-refractivity contribution in [3.63, 3.8) is 0 Å². The molecule has 0 aliphatic heterocycles. The van der Waals surface area contributed by atoms with Crippen molar-refractivity contribution in [1.29, 1.82) is 0 Å². The highest BCUT2D eigenvalue weighted by Crippen LogP contribution is 2.27. The van der Waals surface area contributed by atoms with E-state index in [2.05, 4.69) is 5.32 Å². The molecule has 0 aromatic rings. The minimum absolute atomic E-state index is 0.0104. The fourth-order valence-corrected chi connectivity index (χ4v) is 1.95. The predicted octanol–water partition coefficient (Wildman–Crippen LogP) is 1.22. The van der Waals surface area contributed by atoms with Gasteiger partial charge >= 0.3 is 18.0 Å². The van der Waals surface area contributed by atoms with Crippen molar-refractivity contribution in [1.82, 2.24) is 10.2 Å². The highest BCUT2D eigenvalue weighted by Gasteiger charge is 2.38. The van der Waals surface area contributed by atoms with Crippen molar-refractivity contribution in [2.45, 2.75) is 52.6 Å². The molecule has 7 nitrogen and oxygen atoms in total. The molecule has 0 aromatic carbocycles. The zero-order chi connectivity index (χ0) is 16.2. The minimum atomic E-state index is -1.09. The molecule has 0 unspecified atom stereocenters. The molecule has 120 valence electrons. The van der Waals surface area contributed by atoms with Crippen molar-refractivity contribution in [3.8, 4) is 0 Å². The Morgan fingerprint density at radius 3 is 2.29 bits per heavy atom. The number of urea groups is 1. The van der Waals surface area contributed by atoms with E-state index in [1.165, 1.54) is 4.90 Å². The third-order valence-corrected chi connectivity index (χ3v) is 3.23. The number of carbonyl (C=O) groups excluding carboxylic acids is 2. The maximum Gasteiger partial charge on any atom is 0.326 e. The van der Waals surface area contributed by atoms with E-state index in [1.54, 1.807) is 27.7 Å². The molecule has 0 radical (unpaired) electrons. The van der Waals surface area contributed by atoms with Crippen molar-refractivity contribution in [2.75, 3.05) is 13.2 Å². The van der Waals surface area contributed by atoms with Crippen LogP contribution in [0.15, 0.2) is 0 Å². The van der Waals surface area contributed by atoms with Crippen LogP contribution in [0, 0.1) is 5.41 Å². The van der Waals surface area contributed by atoms with E-state index >= 15 is 0 Å². The van der Waals surface area contributed by atoms with Gasteiger partial charge in [0.1, 0.15) is 12.6 Å². The number of hydrogen-bond acceptors (Lipinski definition) is 4. The van der Waals surface area contributed by atoms with Gasteiger partial charge in [0.25, 0.3) is 0 Å². The summed E-state index contributed by atoms with van der Waals surface area (Å²) in [6.45, 7) is 7.00. The first-order valence-corrected chi connectivity index (χ1v) is 7.12. The Balaban J connectivity index is 2.72. The number of rotatable bonds is 6. The first-order chi connectivity index (χ1) is 9.66. The summed E-state index contributed by atoms with van der Waals surface area (Å²) in [5.41, 5.74) is -0.624. The Bertz CT molecular complexity index is 412. The van der Waals surface area contributed by atoms with Gasteiger partial charge in [0.2, 0.25) is 0 Å². The van der Waals surface area contributed by atoms with Gasteiger partial charge in [-0.15, -0.1) is 0 Å². The Kier molecular flexibility index (Phi) is 5.57. The topological polar surface area (TPSA) is 95.9 Å². The molecule has 0 heterocycles. The predicted molar refractivity (Wildman–Crippen MR) is 75.8 cm³/mol. The number of nitrogens with one attached hydrogen (secondary N) is 1. The average Bonchev–Trinajstić information content (AvgIpc) is 3.15. The molecule has 0 saturated heterocycles. The molecule has 0 spiro atoms. The van der Waals surface area contributed by atoms with Crippen LogP contribution in [0.4, 0.5) is 4.79 Å². The number of carboxylic acids is 1. The molecular weight excluding hydrogens is 276 g/mol. The first-order valence-electron chi connectivity index (χ1n) is 7.12. The van der Waals surface area contributed by atoms with E-state index in [-0.39, 0.29) is 19.2 Å². The summed E-state index contributed by atoms with van der Waals surface area (Å²) < 4.78 is 4.84. The third kappa shape index (κ3) is 5.24. The van der Waals surface area contributed by atoms with Crippen molar-refractivity contribution in [2.24, 2.45) is 5.41 Å². The highest BCUT2D eigenvalue weighted by molar-refractivity contribution is 5.86. The Morgan fingerprint density at radius 1 is 1.33 bits per heavy atom. The van der Waals surface area contributed by atoms with Gasteiger partial charge in [-0.05, 0) is 25.2 Å². The number of hydrogen-bond donors (Lipinski definition) is 2. The SMILES string of the molecule is CCOC(=O)CN(C(=O)N[C@H](C(=O)O)C(C)(C)C)C1CC1. The van der Waals surface area contributed by atoms with E-state index in [9.17, 15) is 19.5 Å². The lowest BCUT2D eigenvalue weighted by Gasteiger charge is -2.30. The summed E-state index contributed by atoms with van der Waals surface area (Å²) in [4.78, 5) is 36.5. The Labute approximate surface area is 124 Å². The number of carbonyl (C=O) groups is 3. The van der Waals surface area contributed by atoms with Crippen molar-refractivity contribution >= 4 is 18.0 Å². The molecule has 0 bridgehead atoms. The molecule has 0 aromatic heterocycles. The van der Waals surface area contributed by atoms with Gasteiger partial charge in [-0.25, -0.2) is 9.59 Å². The van der Waals surface area contributed by atoms with E-state index < -0.39 is 29.4 Å². The van der Waals surface area contributed by atoms with Crippen LogP contribution in [0.2, 0.25) is 0 Å². The number of esters is 1. The van der Waals surface area contributed by atoms with Crippen molar-refractivity contribution in [3.05, 3.63) is 0 Å². The Hall–Kier alpha value is -1.79. The number of ether oxygens (including phenoxy) is 1. The smallest absolute Gasteiger partial charge is 0.326 e. The maximum absolute atomic E-state index is 12.3. The second-order valence-electron chi connectivity index (χ2n) is 6.25. The molecule has 21 heavy (non-hydrogen) atoms. The van der Waals surface area contributed by atoms with Gasteiger partial charge in [-0.1, -0.05) is 20.8 Å². The van der Waals surface area contributed by atoms with Gasteiger partial charge in [0.05, 0.1) is 6.61 Å². The second kappa shape index (κ2) is 6.78. The van der Waals surface area contributed by atoms with E-state index in [0.29, 0.717) is 0 Å².